The van der Waals surface area contributed by atoms with Crippen molar-refractivity contribution in [3.05, 3.63) is 12.2 Å². The summed E-state index contributed by atoms with van der Waals surface area (Å²) >= 11 is 0. The molecule has 1 aliphatic carbocycles. The number of nitrogens with zero attached hydrogens (tertiary/aromatic N) is 3. The van der Waals surface area contributed by atoms with Gasteiger partial charge in [-0.3, -0.25) is 4.90 Å². The van der Waals surface area contributed by atoms with Crippen LogP contribution in [0.1, 0.15) is 45.4 Å². The molecule has 1 saturated carbocycles. The Morgan fingerprint density at radius 1 is 1.45 bits per heavy atom. The van der Waals surface area contributed by atoms with Crippen LogP contribution in [0.4, 0.5) is 0 Å². The molecule has 0 radical (unpaired) electrons. The van der Waals surface area contributed by atoms with Crippen LogP contribution in [0.15, 0.2) is 10.9 Å². The van der Waals surface area contributed by atoms with Crippen LogP contribution in [-0.2, 0) is 6.42 Å². The topological polar surface area (TPSA) is 54.2 Å². The zero-order valence-electron chi connectivity index (χ0n) is 12.6. The quantitative estimate of drug-likeness (QED) is 0.911. The van der Waals surface area contributed by atoms with Crippen LogP contribution in [0, 0.1) is 5.92 Å². The third-order valence-corrected chi connectivity index (χ3v) is 5.01. The van der Waals surface area contributed by atoms with Crippen molar-refractivity contribution in [2.75, 3.05) is 19.6 Å². The summed E-state index contributed by atoms with van der Waals surface area (Å²) in [6.07, 6.45) is 7.75. The van der Waals surface area contributed by atoms with Gasteiger partial charge in [-0.1, -0.05) is 31.8 Å². The van der Waals surface area contributed by atoms with Crippen molar-refractivity contribution in [3.63, 3.8) is 0 Å². The van der Waals surface area contributed by atoms with Crippen LogP contribution < -0.4 is 5.32 Å². The van der Waals surface area contributed by atoms with Crippen LogP contribution in [0.2, 0.25) is 0 Å². The molecule has 3 rings (SSSR count). The van der Waals surface area contributed by atoms with E-state index in [1.54, 1.807) is 0 Å². The summed E-state index contributed by atoms with van der Waals surface area (Å²) in [6, 6.07) is 0.615. The van der Waals surface area contributed by atoms with Gasteiger partial charge in [0.2, 0.25) is 5.89 Å². The SMILES string of the molecule is CC(C)C1CNC2(CCCC2)CN1CCc1ncno1. The molecule has 1 N–H and O–H groups in total. The third-order valence-electron chi connectivity index (χ3n) is 5.01. The molecule has 0 bridgehead atoms. The lowest BCUT2D eigenvalue weighted by Crippen LogP contribution is -2.64. The first-order valence-electron chi connectivity index (χ1n) is 7.93. The van der Waals surface area contributed by atoms with Crippen molar-refractivity contribution in [1.29, 1.82) is 0 Å². The van der Waals surface area contributed by atoms with Gasteiger partial charge in [-0.15, -0.1) is 0 Å². The predicted octanol–water partition coefficient (Wildman–Crippen LogP) is 1.85. The fourth-order valence-electron chi connectivity index (χ4n) is 3.85. The number of aromatic nitrogens is 2. The Morgan fingerprint density at radius 3 is 2.90 bits per heavy atom. The molecular formula is C15H26N4O. The van der Waals surface area contributed by atoms with E-state index in [2.05, 4.69) is 34.2 Å². The van der Waals surface area contributed by atoms with E-state index in [1.807, 2.05) is 0 Å². The number of nitrogens with one attached hydrogen (secondary N) is 1. The molecule has 1 saturated heterocycles. The summed E-state index contributed by atoms with van der Waals surface area (Å²) in [7, 11) is 0. The third kappa shape index (κ3) is 2.88. The summed E-state index contributed by atoms with van der Waals surface area (Å²) < 4.78 is 5.13. The van der Waals surface area contributed by atoms with Gasteiger partial charge in [0.25, 0.3) is 0 Å². The standard InChI is InChI=1S/C15H26N4O/c1-12(2)13-9-17-15(6-3-4-7-15)10-19(13)8-5-14-16-11-18-20-14/h11-13,17H,3-10H2,1-2H3. The maximum Gasteiger partial charge on any atom is 0.227 e. The fourth-order valence-corrected chi connectivity index (χ4v) is 3.85. The first-order chi connectivity index (χ1) is 9.69. The number of rotatable bonds is 4. The smallest absolute Gasteiger partial charge is 0.227 e. The molecule has 2 fully saturated rings. The maximum atomic E-state index is 5.13. The highest BCUT2D eigenvalue weighted by molar-refractivity contribution is 5.01. The van der Waals surface area contributed by atoms with Crippen LogP contribution >= 0.6 is 0 Å². The average Bonchev–Trinajstić information content (AvgIpc) is 3.08. The summed E-state index contributed by atoms with van der Waals surface area (Å²) in [5, 5.41) is 7.55. The van der Waals surface area contributed by atoms with Gasteiger partial charge in [-0.05, 0) is 18.8 Å². The van der Waals surface area contributed by atoms with E-state index in [4.69, 9.17) is 4.52 Å². The highest BCUT2D eigenvalue weighted by Crippen LogP contribution is 2.34. The van der Waals surface area contributed by atoms with Crippen molar-refractivity contribution in [3.8, 4) is 0 Å². The minimum absolute atomic E-state index is 0.375. The Hall–Kier alpha value is -0.940. The van der Waals surface area contributed by atoms with Gasteiger partial charge in [0.05, 0.1) is 0 Å². The molecule has 0 amide bonds. The molecule has 1 unspecified atom stereocenters. The Morgan fingerprint density at radius 2 is 2.25 bits per heavy atom. The number of hydrogen-bond acceptors (Lipinski definition) is 5. The molecular weight excluding hydrogens is 252 g/mol. The Labute approximate surface area is 121 Å². The predicted molar refractivity (Wildman–Crippen MR) is 77.4 cm³/mol. The minimum Gasteiger partial charge on any atom is -0.340 e. The van der Waals surface area contributed by atoms with Crippen molar-refractivity contribution < 1.29 is 4.52 Å². The molecule has 1 atom stereocenters. The lowest BCUT2D eigenvalue weighted by Gasteiger charge is -2.48. The van der Waals surface area contributed by atoms with Gasteiger partial charge in [0, 0.05) is 37.6 Å². The Bertz CT molecular complexity index is 412. The molecule has 1 aliphatic heterocycles. The first kappa shape index (κ1) is 14.0. The summed E-state index contributed by atoms with van der Waals surface area (Å²) in [6.45, 7) is 7.94. The zero-order valence-corrected chi connectivity index (χ0v) is 12.6. The van der Waals surface area contributed by atoms with Gasteiger partial charge in [-0.2, -0.15) is 4.98 Å². The number of piperazine rings is 1. The molecule has 5 heteroatoms. The van der Waals surface area contributed by atoms with Gasteiger partial charge in [0.1, 0.15) is 0 Å². The lowest BCUT2D eigenvalue weighted by molar-refractivity contribution is 0.0563. The second kappa shape index (κ2) is 5.82. The second-order valence-corrected chi connectivity index (χ2v) is 6.74. The molecule has 2 heterocycles. The highest BCUT2D eigenvalue weighted by atomic mass is 16.5. The summed E-state index contributed by atoms with van der Waals surface area (Å²) in [4.78, 5) is 6.79. The van der Waals surface area contributed by atoms with E-state index in [1.165, 1.54) is 38.6 Å². The summed E-state index contributed by atoms with van der Waals surface area (Å²) in [5.74, 6) is 1.43. The van der Waals surface area contributed by atoms with Gasteiger partial charge in [-0.25, -0.2) is 0 Å². The van der Waals surface area contributed by atoms with Crippen molar-refractivity contribution in [2.24, 2.45) is 5.92 Å². The second-order valence-electron chi connectivity index (χ2n) is 6.74. The normalized spacial score (nSPS) is 26.6. The monoisotopic (exact) mass is 278 g/mol. The molecule has 5 nitrogen and oxygen atoms in total. The Kier molecular flexibility index (Phi) is 4.08. The van der Waals surface area contributed by atoms with Crippen molar-refractivity contribution >= 4 is 0 Å². The Balaban J connectivity index is 1.65. The maximum absolute atomic E-state index is 5.13. The molecule has 1 spiro atoms. The van der Waals surface area contributed by atoms with E-state index < -0.39 is 0 Å². The van der Waals surface area contributed by atoms with E-state index in [0.29, 0.717) is 17.5 Å². The van der Waals surface area contributed by atoms with Crippen molar-refractivity contribution in [2.45, 2.75) is 57.5 Å². The number of hydrogen-bond donors (Lipinski definition) is 1. The molecule has 0 aromatic carbocycles. The van der Waals surface area contributed by atoms with Crippen LogP contribution in [-0.4, -0.2) is 46.3 Å². The zero-order chi connectivity index (χ0) is 14.0. The largest absolute Gasteiger partial charge is 0.340 e. The molecule has 1 aromatic heterocycles. The highest BCUT2D eigenvalue weighted by Gasteiger charge is 2.41. The van der Waals surface area contributed by atoms with Gasteiger partial charge >= 0.3 is 0 Å². The van der Waals surface area contributed by atoms with Gasteiger partial charge < -0.3 is 9.84 Å². The van der Waals surface area contributed by atoms with Crippen LogP contribution in [0.25, 0.3) is 0 Å². The van der Waals surface area contributed by atoms with E-state index in [-0.39, 0.29) is 0 Å². The van der Waals surface area contributed by atoms with Crippen LogP contribution in [0.3, 0.4) is 0 Å². The minimum atomic E-state index is 0.375. The molecule has 1 aromatic rings. The van der Waals surface area contributed by atoms with E-state index in [0.717, 1.165) is 25.4 Å². The van der Waals surface area contributed by atoms with Gasteiger partial charge in [0.15, 0.2) is 6.33 Å². The van der Waals surface area contributed by atoms with E-state index >= 15 is 0 Å². The molecule has 112 valence electrons. The lowest BCUT2D eigenvalue weighted by atomic mass is 9.89. The van der Waals surface area contributed by atoms with E-state index in [9.17, 15) is 0 Å². The fraction of sp³-hybridized carbons (Fsp3) is 0.867. The molecule has 2 aliphatic rings. The van der Waals surface area contributed by atoms with Crippen molar-refractivity contribution in [1.82, 2.24) is 20.4 Å². The molecule has 20 heavy (non-hydrogen) atoms. The summed E-state index contributed by atoms with van der Waals surface area (Å²) in [5.41, 5.74) is 0.375. The van der Waals surface area contributed by atoms with Crippen LogP contribution in [0.5, 0.6) is 0 Å². The average molecular weight is 278 g/mol. The first-order valence-corrected chi connectivity index (χ1v) is 7.93.